The van der Waals surface area contributed by atoms with Gasteiger partial charge < -0.3 is 20.3 Å². The number of amides is 1. The number of nitrogens with zero attached hydrogens (tertiary/aromatic N) is 2. The summed E-state index contributed by atoms with van der Waals surface area (Å²) in [7, 11) is 1.72. The van der Waals surface area contributed by atoms with E-state index in [1.165, 1.54) is 17.4 Å². The fraction of sp³-hybridized carbons (Fsp3) is 0.529. The van der Waals surface area contributed by atoms with E-state index in [1.807, 2.05) is 0 Å². The first-order chi connectivity index (χ1) is 12.1. The highest BCUT2D eigenvalue weighted by atomic mass is 32.1. The van der Waals surface area contributed by atoms with Crippen LogP contribution in [0, 0.1) is 5.82 Å². The number of rotatable bonds is 4. The molecule has 0 aliphatic carbocycles. The number of carbonyl (C=O) groups is 1. The van der Waals surface area contributed by atoms with E-state index < -0.39 is 6.09 Å². The Kier molecular flexibility index (Phi) is 5.57. The number of hydrogen-bond donors (Lipinski definition) is 2. The summed E-state index contributed by atoms with van der Waals surface area (Å²) >= 11 is 5.01. The molecule has 2 aliphatic heterocycles. The maximum Gasteiger partial charge on any atom is 0.414 e. The molecule has 1 aromatic carbocycles. The van der Waals surface area contributed by atoms with Gasteiger partial charge in [-0.3, -0.25) is 4.90 Å². The molecule has 0 saturated carbocycles. The molecule has 25 heavy (non-hydrogen) atoms. The van der Waals surface area contributed by atoms with E-state index in [4.69, 9.17) is 17.0 Å². The molecule has 0 spiro atoms. The number of benzene rings is 1. The Bertz CT molecular complexity index is 652. The summed E-state index contributed by atoms with van der Waals surface area (Å²) in [6.07, 6.45) is 2.57. The summed E-state index contributed by atoms with van der Waals surface area (Å²) in [6, 6.07) is 4.95. The van der Waals surface area contributed by atoms with Gasteiger partial charge in [-0.15, -0.1) is 0 Å². The van der Waals surface area contributed by atoms with Crippen LogP contribution in [0.25, 0.3) is 0 Å². The molecule has 1 amide bonds. The molecule has 0 radical (unpaired) electrons. The minimum absolute atomic E-state index is 0.301. The quantitative estimate of drug-likeness (QED) is 0.797. The molecule has 0 bridgehead atoms. The smallest absolute Gasteiger partial charge is 0.414 e. The third-order valence-electron chi connectivity index (χ3n) is 4.53. The number of ether oxygens (including phenoxy) is 1. The van der Waals surface area contributed by atoms with Crippen LogP contribution in [0.2, 0.25) is 0 Å². The number of cyclic esters (lactones) is 1. The van der Waals surface area contributed by atoms with E-state index in [1.54, 1.807) is 19.2 Å². The first-order valence-corrected chi connectivity index (χ1v) is 8.97. The second-order valence-electron chi connectivity index (χ2n) is 6.26. The lowest BCUT2D eigenvalue weighted by atomic mass is 10.1. The highest BCUT2D eigenvalue weighted by molar-refractivity contribution is 7.80. The predicted octanol–water partition coefficient (Wildman–Crippen LogP) is 2.24. The van der Waals surface area contributed by atoms with Gasteiger partial charge in [0.25, 0.3) is 0 Å². The zero-order valence-electron chi connectivity index (χ0n) is 14.3. The Morgan fingerprint density at radius 3 is 2.80 bits per heavy atom. The average Bonchev–Trinajstić information content (AvgIpc) is 3.01. The zero-order chi connectivity index (χ0) is 17.8. The van der Waals surface area contributed by atoms with Crippen molar-refractivity contribution in [3.8, 4) is 0 Å². The minimum atomic E-state index is -0.465. The summed E-state index contributed by atoms with van der Waals surface area (Å²) in [6.45, 7) is 2.53. The molecule has 1 atom stereocenters. The molecule has 1 aromatic rings. The van der Waals surface area contributed by atoms with Gasteiger partial charge in [0.1, 0.15) is 11.9 Å². The second-order valence-corrected chi connectivity index (χ2v) is 6.67. The highest BCUT2D eigenvalue weighted by Crippen LogP contribution is 2.29. The van der Waals surface area contributed by atoms with Gasteiger partial charge in [0.2, 0.25) is 0 Å². The second kappa shape index (κ2) is 7.86. The molecule has 3 rings (SSSR count). The SMILES string of the molecule is CNC(=S)NC[C@H]1CN(c2ccc(N3CCCCC3)c(F)c2)C(=O)O1. The molecule has 2 N–H and O–H groups in total. The summed E-state index contributed by atoms with van der Waals surface area (Å²) in [5.41, 5.74) is 1.12. The van der Waals surface area contributed by atoms with Gasteiger partial charge in [-0.2, -0.15) is 0 Å². The monoisotopic (exact) mass is 366 g/mol. The molecule has 0 unspecified atom stereocenters. The Morgan fingerprint density at radius 2 is 2.12 bits per heavy atom. The van der Waals surface area contributed by atoms with Crippen molar-refractivity contribution in [1.29, 1.82) is 0 Å². The van der Waals surface area contributed by atoms with Gasteiger partial charge in [-0.25, -0.2) is 9.18 Å². The zero-order valence-corrected chi connectivity index (χ0v) is 15.1. The molecule has 136 valence electrons. The van der Waals surface area contributed by atoms with Crippen LogP contribution in [0.5, 0.6) is 0 Å². The summed E-state index contributed by atoms with van der Waals surface area (Å²) < 4.78 is 19.9. The molecule has 0 aromatic heterocycles. The van der Waals surface area contributed by atoms with Gasteiger partial charge >= 0.3 is 6.09 Å². The molecule has 2 heterocycles. The number of carbonyl (C=O) groups excluding carboxylic acids is 1. The fourth-order valence-corrected chi connectivity index (χ4v) is 3.27. The normalized spacial score (nSPS) is 20.4. The number of nitrogens with one attached hydrogen (secondary N) is 2. The lowest BCUT2D eigenvalue weighted by Crippen LogP contribution is -2.39. The van der Waals surface area contributed by atoms with Crippen LogP contribution in [0.1, 0.15) is 19.3 Å². The standard InChI is InChI=1S/C17H23FN4O2S/c1-19-16(25)20-10-13-11-22(17(23)24-13)12-5-6-15(14(18)9-12)21-7-3-2-4-8-21/h5-6,9,13H,2-4,7-8,10-11H2,1H3,(H2,19,20,25)/t13-/m0/s1. The maximum absolute atomic E-state index is 14.6. The Hall–Kier alpha value is -2.09. The summed E-state index contributed by atoms with van der Waals surface area (Å²) in [5.74, 6) is -0.301. The first-order valence-electron chi connectivity index (χ1n) is 8.56. The van der Waals surface area contributed by atoms with E-state index in [0.717, 1.165) is 25.9 Å². The van der Waals surface area contributed by atoms with Crippen molar-refractivity contribution < 1.29 is 13.9 Å². The Balaban J connectivity index is 1.66. The molecule has 2 saturated heterocycles. The van der Waals surface area contributed by atoms with Gasteiger partial charge in [-0.05, 0) is 49.7 Å². The first kappa shape index (κ1) is 17.7. The minimum Gasteiger partial charge on any atom is -0.442 e. The van der Waals surface area contributed by atoms with Crippen LogP contribution in [-0.4, -0.2) is 50.5 Å². The Morgan fingerprint density at radius 1 is 1.36 bits per heavy atom. The molecule has 2 aliphatic rings. The number of halogens is 1. The van der Waals surface area contributed by atoms with Crippen molar-refractivity contribution in [2.75, 3.05) is 43.0 Å². The van der Waals surface area contributed by atoms with Crippen LogP contribution in [-0.2, 0) is 4.74 Å². The number of thiocarbonyl (C=S) groups is 1. The van der Waals surface area contributed by atoms with Crippen LogP contribution in [0.15, 0.2) is 18.2 Å². The predicted molar refractivity (Wildman–Crippen MR) is 99.7 cm³/mol. The highest BCUT2D eigenvalue weighted by Gasteiger charge is 2.32. The van der Waals surface area contributed by atoms with Crippen LogP contribution in [0.3, 0.4) is 0 Å². The van der Waals surface area contributed by atoms with Crippen molar-refractivity contribution in [2.24, 2.45) is 0 Å². The maximum atomic E-state index is 14.6. The van der Waals surface area contributed by atoms with Crippen molar-refractivity contribution >= 4 is 34.8 Å². The van der Waals surface area contributed by atoms with Crippen LogP contribution < -0.4 is 20.4 Å². The van der Waals surface area contributed by atoms with E-state index in [2.05, 4.69) is 15.5 Å². The van der Waals surface area contributed by atoms with Gasteiger partial charge in [0.15, 0.2) is 5.11 Å². The third-order valence-corrected chi connectivity index (χ3v) is 4.88. The van der Waals surface area contributed by atoms with Gasteiger partial charge in [0.05, 0.1) is 24.5 Å². The van der Waals surface area contributed by atoms with Crippen molar-refractivity contribution in [3.05, 3.63) is 24.0 Å². The van der Waals surface area contributed by atoms with Crippen molar-refractivity contribution in [1.82, 2.24) is 10.6 Å². The van der Waals surface area contributed by atoms with E-state index in [-0.39, 0.29) is 11.9 Å². The number of anilines is 2. The third kappa shape index (κ3) is 4.12. The molecular formula is C17H23FN4O2S. The lowest BCUT2D eigenvalue weighted by molar-refractivity contribution is 0.143. The average molecular weight is 366 g/mol. The van der Waals surface area contributed by atoms with Gasteiger partial charge in [-0.1, -0.05) is 0 Å². The van der Waals surface area contributed by atoms with E-state index >= 15 is 0 Å². The van der Waals surface area contributed by atoms with E-state index in [0.29, 0.717) is 29.6 Å². The molecule has 8 heteroatoms. The largest absolute Gasteiger partial charge is 0.442 e. The molecular weight excluding hydrogens is 343 g/mol. The topological polar surface area (TPSA) is 56.8 Å². The number of piperidine rings is 1. The molecule has 2 fully saturated rings. The molecule has 6 nitrogen and oxygen atoms in total. The van der Waals surface area contributed by atoms with Gasteiger partial charge in [0, 0.05) is 20.1 Å². The Labute approximate surface area is 152 Å². The summed E-state index contributed by atoms with van der Waals surface area (Å²) in [4.78, 5) is 15.6. The van der Waals surface area contributed by atoms with Crippen LogP contribution >= 0.6 is 12.2 Å². The summed E-state index contributed by atoms with van der Waals surface area (Å²) in [5, 5.41) is 6.26. The lowest BCUT2D eigenvalue weighted by Gasteiger charge is -2.29. The number of hydrogen-bond acceptors (Lipinski definition) is 4. The van der Waals surface area contributed by atoms with Crippen molar-refractivity contribution in [2.45, 2.75) is 25.4 Å². The fourth-order valence-electron chi connectivity index (χ4n) is 3.19. The van der Waals surface area contributed by atoms with Crippen LogP contribution in [0.4, 0.5) is 20.6 Å². The van der Waals surface area contributed by atoms with Crippen molar-refractivity contribution in [3.63, 3.8) is 0 Å². The van der Waals surface area contributed by atoms with E-state index in [9.17, 15) is 9.18 Å².